The molecular formula is C9H18N2O2. The summed E-state index contributed by atoms with van der Waals surface area (Å²) in [5.41, 5.74) is 0. The van der Waals surface area contributed by atoms with Crippen molar-refractivity contribution in [3.8, 4) is 0 Å². The predicted octanol–water partition coefficient (Wildman–Crippen LogP) is -0.110. The van der Waals surface area contributed by atoms with Gasteiger partial charge in [0.15, 0.2) is 0 Å². The van der Waals surface area contributed by atoms with Crippen molar-refractivity contribution < 1.29 is 9.53 Å². The molecule has 0 saturated carbocycles. The Balaban J connectivity index is 1.94. The van der Waals surface area contributed by atoms with Gasteiger partial charge in [-0.1, -0.05) is 0 Å². The van der Waals surface area contributed by atoms with E-state index in [4.69, 9.17) is 4.74 Å². The van der Waals surface area contributed by atoms with Crippen LogP contribution in [-0.4, -0.2) is 37.7 Å². The number of carbonyl (C=O) groups excluding carboxylic acids is 1. The molecule has 1 rings (SSSR count). The number of hydrogen-bond acceptors (Lipinski definition) is 3. The number of rotatable bonds is 5. The molecule has 76 valence electrons. The van der Waals surface area contributed by atoms with Crippen LogP contribution < -0.4 is 10.6 Å². The predicted molar refractivity (Wildman–Crippen MR) is 50.5 cm³/mol. The Labute approximate surface area is 79.0 Å². The lowest BCUT2D eigenvalue weighted by Gasteiger charge is -2.26. The third-order valence-corrected chi connectivity index (χ3v) is 1.87. The molecule has 0 spiro atoms. The van der Waals surface area contributed by atoms with Crippen molar-refractivity contribution in [2.24, 2.45) is 0 Å². The molecule has 1 fully saturated rings. The summed E-state index contributed by atoms with van der Waals surface area (Å²) >= 11 is 0. The average molecular weight is 186 g/mol. The second-order valence-electron chi connectivity index (χ2n) is 3.66. The second-order valence-corrected chi connectivity index (χ2v) is 3.66. The fourth-order valence-corrected chi connectivity index (χ4v) is 1.14. The zero-order valence-corrected chi connectivity index (χ0v) is 8.30. The van der Waals surface area contributed by atoms with Gasteiger partial charge >= 0.3 is 0 Å². The molecule has 0 aliphatic carbocycles. The number of carbonyl (C=O) groups is 1. The molecule has 0 unspecified atom stereocenters. The van der Waals surface area contributed by atoms with Crippen molar-refractivity contribution in [2.45, 2.75) is 32.4 Å². The van der Waals surface area contributed by atoms with Gasteiger partial charge in [0.2, 0.25) is 5.91 Å². The minimum absolute atomic E-state index is 0.114. The number of nitrogens with one attached hydrogen (secondary N) is 2. The molecule has 13 heavy (non-hydrogen) atoms. The van der Waals surface area contributed by atoms with Gasteiger partial charge in [-0.25, -0.2) is 0 Å². The number of hydrogen-bond donors (Lipinski definition) is 2. The van der Waals surface area contributed by atoms with Gasteiger partial charge in [0.05, 0.1) is 19.3 Å². The first-order valence-corrected chi connectivity index (χ1v) is 4.79. The largest absolute Gasteiger partial charge is 0.378 e. The van der Waals surface area contributed by atoms with Crippen LogP contribution in [0.4, 0.5) is 0 Å². The van der Waals surface area contributed by atoms with Crippen LogP contribution in [0.5, 0.6) is 0 Å². The molecular weight excluding hydrogens is 168 g/mol. The molecule has 1 aliphatic heterocycles. The standard InChI is InChI=1S/C9H18N2O2/c1-7(2)11-9(12)3-4-10-8-5-13-6-8/h7-8,10H,3-6H2,1-2H3,(H,11,12). The van der Waals surface area contributed by atoms with Crippen molar-refractivity contribution in [3.63, 3.8) is 0 Å². The van der Waals surface area contributed by atoms with E-state index in [0.717, 1.165) is 19.8 Å². The highest BCUT2D eigenvalue weighted by Crippen LogP contribution is 1.98. The summed E-state index contributed by atoms with van der Waals surface area (Å²) in [5, 5.41) is 6.08. The van der Waals surface area contributed by atoms with E-state index in [1.165, 1.54) is 0 Å². The molecule has 1 heterocycles. The highest BCUT2D eigenvalue weighted by molar-refractivity contribution is 5.76. The summed E-state index contributed by atoms with van der Waals surface area (Å²) in [5.74, 6) is 0.114. The fraction of sp³-hybridized carbons (Fsp3) is 0.889. The van der Waals surface area contributed by atoms with Crippen LogP contribution in [0.25, 0.3) is 0 Å². The SMILES string of the molecule is CC(C)NC(=O)CCNC1COC1. The van der Waals surface area contributed by atoms with E-state index >= 15 is 0 Å². The molecule has 1 aliphatic rings. The van der Waals surface area contributed by atoms with Gasteiger partial charge in [0.1, 0.15) is 0 Å². The highest BCUT2D eigenvalue weighted by atomic mass is 16.5. The van der Waals surface area contributed by atoms with Crippen molar-refractivity contribution in [2.75, 3.05) is 19.8 Å². The topological polar surface area (TPSA) is 50.4 Å². The van der Waals surface area contributed by atoms with Gasteiger partial charge in [0.25, 0.3) is 0 Å². The first-order valence-electron chi connectivity index (χ1n) is 4.79. The van der Waals surface area contributed by atoms with Gasteiger partial charge in [-0.15, -0.1) is 0 Å². The van der Waals surface area contributed by atoms with Crippen molar-refractivity contribution in [3.05, 3.63) is 0 Å². The Hall–Kier alpha value is -0.610. The van der Waals surface area contributed by atoms with Gasteiger partial charge in [0, 0.05) is 19.0 Å². The molecule has 0 radical (unpaired) electrons. The quantitative estimate of drug-likeness (QED) is 0.630. The lowest BCUT2D eigenvalue weighted by Crippen LogP contribution is -2.47. The maximum atomic E-state index is 11.2. The molecule has 0 aromatic rings. The van der Waals surface area contributed by atoms with E-state index in [9.17, 15) is 4.79 Å². The third-order valence-electron chi connectivity index (χ3n) is 1.87. The van der Waals surface area contributed by atoms with Crippen LogP contribution in [0.2, 0.25) is 0 Å². The maximum Gasteiger partial charge on any atom is 0.221 e. The van der Waals surface area contributed by atoms with Crippen LogP contribution in [0.3, 0.4) is 0 Å². The van der Waals surface area contributed by atoms with E-state index in [2.05, 4.69) is 10.6 Å². The Morgan fingerprint density at radius 3 is 2.69 bits per heavy atom. The maximum absolute atomic E-state index is 11.2. The van der Waals surface area contributed by atoms with E-state index in [1.54, 1.807) is 0 Å². The first kappa shape index (κ1) is 10.5. The Kier molecular flexibility index (Phi) is 4.18. The van der Waals surface area contributed by atoms with Crippen molar-refractivity contribution >= 4 is 5.91 Å². The fourth-order valence-electron chi connectivity index (χ4n) is 1.14. The van der Waals surface area contributed by atoms with Crippen molar-refractivity contribution in [1.29, 1.82) is 0 Å². The molecule has 0 aromatic carbocycles. The van der Waals surface area contributed by atoms with Gasteiger partial charge < -0.3 is 15.4 Å². The molecule has 0 aromatic heterocycles. The zero-order chi connectivity index (χ0) is 9.68. The molecule has 0 atom stereocenters. The Morgan fingerprint density at radius 1 is 1.54 bits per heavy atom. The van der Waals surface area contributed by atoms with Crippen LogP contribution in [0, 0.1) is 0 Å². The van der Waals surface area contributed by atoms with Crippen LogP contribution in [0.1, 0.15) is 20.3 Å². The van der Waals surface area contributed by atoms with Crippen LogP contribution in [0.15, 0.2) is 0 Å². The summed E-state index contributed by atoms with van der Waals surface area (Å²) < 4.78 is 4.99. The van der Waals surface area contributed by atoms with Gasteiger partial charge in [-0.3, -0.25) is 4.79 Å². The lowest BCUT2D eigenvalue weighted by atomic mass is 10.2. The normalized spacial score (nSPS) is 17.2. The van der Waals surface area contributed by atoms with E-state index in [-0.39, 0.29) is 11.9 Å². The van der Waals surface area contributed by atoms with Crippen LogP contribution >= 0.6 is 0 Å². The molecule has 1 amide bonds. The average Bonchev–Trinajstić information content (AvgIpc) is 1.92. The summed E-state index contributed by atoms with van der Waals surface area (Å²) in [6.07, 6.45) is 0.550. The van der Waals surface area contributed by atoms with E-state index in [0.29, 0.717) is 12.5 Å². The molecule has 4 nitrogen and oxygen atoms in total. The van der Waals surface area contributed by atoms with E-state index in [1.807, 2.05) is 13.8 Å². The highest BCUT2D eigenvalue weighted by Gasteiger charge is 2.17. The van der Waals surface area contributed by atoms with Crippen molar-refractivity contribution in [1.82, 2.24) is 10.6 Å². The summed E-state index contributed by atoms with van der Waals surface area (Å²) in [4.78, 5) is 11.2. The lowest BCUT2D eigenvalue weighted by molar-refractivity contribution is -0.121. The van der Waals surface area contributed by atoms with Gasteiger partial charge in [-0.05, 0) is 13.8 Å². The summed E-state index contributed by atoms with van der Waals surface area (Å²) in [6.45, 7) is 6.24. The minimum atomic E-state index is 0.114. The number of amides is 1. The molecule has 4 heteroatoms. The van der Waals surface area contributed by atoms with Crippen LogP contribution in [-0.2, 0) is 9.53 Å². The third kappa shape index (κ3) is 4.24. The Morgan fingerprint density at radius 2 is 2.23 bits per heavy atom. The first-order chi connectivity index (χ1) is 6.18. The monoisotopic (exact) mass is 186 g/mol. The smallest absolute Gasteiger partial charge is 0.221 e. The molecule has 1 saturated heterocycles. The number of ether oxygens (including phenoxy) is 1. The molecule has 2 N–H and O–H groups in total. The second kappa shape index (κ2) is 5.19. The Bertz CT molecular complexity index is 167. The minimum Gasteiger partial charge on any atom is -0.378 e. The zero-order valence-electron chi connectivity index (χ0n) is 8.30. The summed E-state index contributed by atoms with van der Waals surface area (Å²) in [7, 11) is 0. The molecule has 0 bridgehead atoms. The van der Waals surface area contributed by atoms with E-state index < -0.39 is 0 Å². The summed E-state index contributed by atoms with van der Waals surface area (Å²) in [6, 6.07) is 0.700. The van der Waals surface area contributed by atoms with Gasteiger partial charge in [-0.2, -0.15) is 0 Å².